The van der Waals surface area contributed by atoms with Gasteiger partial charge in [-0.3, -0.25) is 0 Å². The molecule has 2 N–H and O–H groups in total. The highest BCUT2D eigenvalue weighted by atomic mass is 19.2. The molecule has 6 nitrogen and oxygen atoms in total. The van der Waals surface area contributed by atoms with Crippen LogP contribution < -0.4 is 20.1 Å². The molecule has 32 heavy (non-hydrogen) atoms. The van der Waals surface area contributed by atoms with Gasteiger partial charge >= 0.3 is 6.09 Å². The summed E-state index contributed by atoms with van der Waals surface area (Å²) >= 11 is 0. The predicted octanol–water partition coefficient (Wildman–Crippen LogP) is 5.29. The summed E-state index contributed by atoms with van der Waals surface area (Å²) in [5.41, 5.74) is -0.392. The first-order valence-electron chi connectivity index (χ1n) is 10.1. The average Bonchev–Trinajstić information content (AvgIpc) is 3.28. The van der Waals surface area contributed by atoms with Gasteiger partial charge in [0.05, 0.1) is 5.56 Å². The molecular formula is C24H22F2N2O4. The number of amides is 1. The molecule has 0 aliphatic carbocycles. The number of fused-ring (bicyclic) bond motifs is 1. The lowest BCUT2D eigenvalue weighted by Crippen LogP contribution is -2.43. The molecule has 0 fully saturated rings. The van der Waals surface area contributed by atoms with Crippen LogP contribution in [0.3, 0.4) is 0 Å². The monoisotopic (exact) mass is 440 g/mol. The normalized spacial score (nSPS) is 13.8. The Hall–Kier alpha value is -3.81. The van der Waals surface area contributed by atoms with Crippen LogP contribution in [0.5, 0.6) is 11.5 Å². The van der Waals surface area contributed by atoms with Crippen molar-refractivity contribution in [2.45, 2.75) is 25.6 Å². The molecule has 1 atom stereocenters. The fourth-order valence-electron chi connectivity index (χ4n) is 3.49. The summed E-state index contributed by atoms with van der Waals surface area (Å²) in [6, 6.07) is 17.9. The Balaban J connectivity index is 1.56. The molecule has 3 aromatic rings. The fraction of sp³-hybridized carbons (Fsp3) is 0.208. The highest BCUT2D eigenvalue weighted by Gasteiger charge is 2.38. The van der Waals surface area contributed by atoms with E-state index < -0.39 is 23.5 Å². The van der Waals surface area contributed by atoms with Gasteiger partial charge in [-0.15, -0.1) is 0 Å². The smallest absolute Gasteiger partial charge is 0.409 e. The van der Waals surface area contributed by atoms with Gasteiger partial charge in [-0.1, -0.05) is 37.3 Å². The molecule has 166 valence electrons. The van der Waals surface area contributed by atoms with Crippen LogP contribution in [-0.4, -0.2) is 12.9 Å². The van der Waals surface area contributed by atoms with Gasteiger partial charge in [-0.2, -0.15) is 0 Å². The number of anilines is 1. The average molecular weight is 440 g/mol. The SMILES string of the molecule is CCC(Nc1ccccc1)(OC(=O)NCc1ccc2c(c1)OCO2)c1cccc(F)c1F. The van der Waals surface area contributed by atoms with E-state index in [-0.39, 0.29) is 25.3 Å². The Morgan fingerprint density at radius 3 is 2.59 bits per heavy atom. The number of carbonyl (C=O) groups is 1. The number of hydrogen-bond acceptors (Lipinski definition) is 5. The van der Waals surface area contributed by atoms with E-state index in [2.05, 4.69) is 10.6 Å². The lowest BCUT2D eigenvalue weighted by Gasteiger charge is -2.35. The van der Waals surface area contributed by atoms with Gasteiger partial charge in [-0.05, 0) is 42.0 Å². The second-order valence-corrected chi connectivity index (χ2v) is 7.20. The van der Waals surface area contributed by atoms with Gasteiger partial charge in [-0.25, -0.2) is 13.6 Å². The Morgan fingerprint density at radius 2 is 1.81 bits per heavy atom. The molecular weight excluding hydrogens is 418 g/mol. The van der Waals surface area contributed by atoms with Crippen molar-refractivity contribution in [1.29, 1.82) is 0 Å². The molecule has 0 bridgehead atoms. The second kappa shape index (κ2) is 9.13. The Labute approximate surface area is 184 Å². The van der Waals surface area contributed by atoms with Crippen LogP contribution in [0.1, 0.15) is 24.5 Å². The van der Waals surface area contributed by atoms with E-state index in [1.807, 2.05) is 6.07 Å². The Morgan fingerprint density at radius 1 is 1.03 bits per heavy atom. The molecule has 3 aromatic carbocycles. The summed E-state index contributed by atoms with van der Waals surface area (Å²) in [5.74, 6) is -0.885. The molecule has 0 aromatic heterocycles. The number of halogens is 2. The lowest BCUT2D eigenvalue weighted by atomic mass is 9.98. The molecule has 4 rings (SSSR count). The quantitative estimate of drug-likeness (QED) is 0.489. The van der Waals surface area contributed by atoms with Crippen molar-refractivity contribution in [3.63, 3.8) is 0 Å². The fourth-order valence-corrected chi connectivity index (χ4v) is 3.49. The molecule has 1 aliphatic rings. The number of alkyl carbamates (subject to hydrolysis) is 1. The van der Waals surface area contributed by atoms with E-state index in [4.69, 9.17) is 14.2 Å². The standard InChI is InChI=1S/C24H22F2N2O4/c1-2-24(28-17-7-4-3-5-8-17,18-9-6-10-19(25)22(18)26)32-23(29)27-14-16-11-12-20-21(13-16)31-15-30-20/h3-13,28H,2,14-15H2,1H3,(H,27,29). The van der Waals surface area contributed by atoms with Crippen molar-refractivity contribution >= 4 is 11.8 Å². The summed E-state index contributed by atoms with van der Waals surface area (Å²) < 4.78 is 45.1. The zero-order valence-electron chi connectivity index (χ0n) is 17.4. The largest absolute Gasteiger partial charge is 0.454 e. The van der Waals surface area contributed by atoms with E-state index >= 15 is 0 Å². The number of ether oxygens (including phenoxy) is 3. The van der Waals surface area contributed by atoms with Crippen molar-refractivity contribution in [1.82, 2.24) is 5.32 Å². The number of hydrogen-bond donors (Lipinski definition) is 2. The van der Waals surface area contributed by atoms with Crippen molar-refractivity contribution in [2.24, 2.45) is 0 Å². The summed E-state index contributed by atoms with van der Waals surface area (Å²) in [6.07, 6.45) is -0.656. The van der Waals surface area contributed by atoms with Crippen LogP contribution >= 0.6 is 0 Å². The van der Waals surface area contributed by atoms with E-state index in [0.29, 0.717) is 17.2 Å². The van der Waals surface area contributed by atoms with Crippen molar-refractivity contribution in [3.8, 4) is 11.5 Å². The number of para-hydroxylation sites is 1. The third-order valence-electron chi connectivity index (χ3n) is 5.15. The van der Waals surface area contributed by atoms with Gasteiger partial charge < -0.3 is 24.8 Å². The first kappa shape index (κ1) is 21.4. The van der Waals surface area contributed by atoms with Gasteiger partial charge in [0.25, 0.3) is 0 Å². The number of rotatable bonds is 7. The van der Waals surface area contributed by atoms with Gasteiger partial charge in [0.2, 0.25) is 12.5 Å². The Bertz CT molecular complexity index is 1110. The molecule has 0 saturated carbocycles. The molecule has 1 amide bonds. The molecule has 0 radical (unpaired) electrons. The van der Waals surface area contributed by atoms with Crippen LogP contribution in [0.25, 0.3) is 0 Å². The van der Waals surface area contributed by atoms with Crippen LogP contribution in [0.4, 0.5) is 19.3 Å². The van der Waals surface area contributed by atoms with Crippen molar-refractivity contribution in [3.05, 3.63) is 89.5 Å². The van der Waals surface area contributed by atoms with Gasteiger partial charge in [0.1, 0.15) is 0 Å². The summed E-state index contributed by atoms with van der Waals surface area (Å²) in [5, 5.41) is 5.72. The molecule has 8 heteroatoms. The molecule has 1 unspecified atom stereocenters. The summed E-state index contributed by atoms with van der Waals surface area (Å²) in [7, 11) is 0. The first-order valence-corrected chi connectivity index (χ1v) is 10.1. The van der Waals surface area contributed by atoms with Crippen LogP contribution in [0.15, 0.2) is 66.7 Å². The molecule has 0 saturated heterocycles. The first-order chi connectivity index (χ1) is 15.5. The minimum atomic E-state index is -1.63. The van der Waals surface area contributed by atoms with Gasteiger partial charge in [0.15, 0.2) is 23.1 Å². The maximum absolute atomic E-state index is 14.8. The number of carbonyl (C=O) groups excluding carboxylic acids is 1. The summed E-state index contributed by atoms with van der Waals surface area (Å²) in [4.78, 5) is 12.7. The number of benzene rings is 3. The van der Waals surface area contributed by atoms with Gasteiger partial charge in [0, 0.05) is 18.7 Å². The van der Waals surface area contributed by atoms with Crippen LogP contribution in [-0.2, 0) is 17.0 Å². The second-order valence-electron chi connectivity index (χ2n) is 7.20. The van der Waals surface area contributed by atoms with E-state index in [9.17, 15) is 13.6 Å². The predicted molar refractivity (Wildman–Crippen MR) is 114 cm³/mol. The Kier molecular flexibility index (Phi) is 6.11. The molecule has 1 heterocycles. The highest BCUT2D eigenvalue weighted by molar-refractivity contribution is 5.69. The molecule has 1 aliphatic heterocycles. The molecule has 0 spiro atoms. The van der Waals surface area contributed by atoms with Crippen LogP contribution in [0.2, 0.25) is 0 Å². The minimum Gasteiger partial charge on any atom is -0.454 e. The van der Waals surface area contributed by atoms with Crippen molar-refractivity contribution in [2.75, 3.05) is 12.1 Å². The van der Waals surface area contributed by atoms with Crippen molar-refractivity contribution < 1.29 is 27.8 Å². The van der Waals surface area contributed by atoms with Crippen LogP contribution in [0, 0.1) is 11.6 Å². The maximum Gasteiger partial charge on any atom is 0.409 e. The van der Waals surface area contributed by atoms with E-state index in [1.54, 1.807) is 49.4 Å². The minimum absolute atomic E-state index is 0.109. The zero-order chi connectivity index (χ0) is 22.6. The number of nitrogens with one attached hydrogen (secondary N) is 2. The highest BCUT2D eigenvalue weighted by Crippen LogP contribution is 2.35. The maximum atomic E-state index is 14.8. The van der Waals surface area contributed by atoms with E-state index in [1.165, 1.54) is 12.1 Å². The van der Waals surface area contributed by atoms with E-state index in [0.717, 1.165) is 11.6 Å². The third-order valence-corrected chi connectivity index (χ3v) is 5.15. The summed E-state index contributed by atoms with van der Waals surface area (Å²) in [6.45, 7) is 2.01. The topological polar surface area (TPSA) is 68.8 Å². The lowest BCUT2D eigenvalue weighted by molar-refractivity contribution is 0.0229. The zero-order valence-corrected chi connectivity index (χ0v) is 17.4. The third kappa shape index (κ3) is 4.44.